The minimum atomic E-state index is -0.0639. The molecule has 1 N–H and O–H groups in total. The van der Waals surface area contributed by atoms with Crippen LogP contribution in [0.1, 0.15) is 39.5 Å². The van der Waals surface area contributed by atoms with E-state index >= 15 is 0 Å². The highest BCUT2D eigenvalue weighted by molar-refractivity contribution is 6.01. The Bertz CT molecular complexity index is 948. The van der Waals surface area contributed by atoms with Crippen LogP contribution in [0, 0.1) is 5.41 Å². The summed E-state index contributed by atoms with van der Waals surface area (Å²) in [5.41, 5.74) is 3.25. The Morgan fingerprint density at radius 2 is 2.17 bits per heavy atom. The summed E-state index contributed by atoms with van der Waals surface area (Å²) in [6.07, 6.45) is 9.29. The van der Waals surface area contributed by atoms with Crippen molar-refractivity contribution in [2.75, 3.05) is 0 Å². The first kappa shape index (κ1) is 14.0. The van der Waals surface area contributed by atoms with Gasteiger partial charge in [-0.3, -0.25) is 4.79 Å². The summed E-state index contributed by atoms with van der Waals surface area (Å²) in [4.78, 5) is 24.1. The van der Waals surface area contributed by atoms with Crippen LogP contribution < -0.4 is 0 Å². The Balaban J connectivity index is 1.43. The molecule has 3 aliphatic rings. The van der Waals surface area contributed by atoms with Crippen molar-refractivity contribution in [2.24, 2.45) is 5.41 Å². The van der Waals surface area contributed by atoms with Gasteiger partial charge in [0, 0.05) is 17.1 Å². The molecule has 3 heterocycles. The normalized spacial score (nSPS) is 28.1. The van der Waals surface area contributed by atoms with Gasteiger partial charge in [0.15, 0.2) is 0 Å². The van der Waals surface area contributed by atoms with E-state index in [4.69, 9.17) is 4.74 Å². The largest absolute Gasteiger partial charge is 0.463 e. The molecular weight excluding hydrogens is 304 g/mol. The zero-order valence-electron chi connectivity index (χ0n) is 13.9. The first-order chi connectivity index (χ1) is 11.5. The second-order valence-electron chi connectivity index (χ2n) is 7.82. The van der Waals surface area contributed by atoms with Crippen molar-refractivity contribution in [1.82, 2.24) is 19.5 Å². The lowest BCUT2D eigenvalue weighted by Crippen LogP contribution is -2.67. The molecule has 6 heteroatoms. The molecule has 0 spiro atoms. The number of fused-ring (bicyclic) bond motifs is 3. The molecule has 24 heavy (non-hydrogen) atoms. The van der Waals surface area contributed by atoms with Gasteiger partial charge in [0.2, 0.25) is 0 Å². The topological polar surface area (TPSA) is 72.8 Å². The van der Waals surface area contributed by atoms with E-state index in [0.29, 0.717) is 6.42 Å². The van der Waals surface area contributed by atoms with Crippen LogP contribution in [0.25, 0.3) is 22.1 Å². The molecule has 0 saturated heterocycles. The molecule has 124 valence electrons. The molecule has 0 amide bonds. The fourth-order valence-electron chi connectivity index (χ4n) is 4.86. The van der Waals surface area contributed by atoms with Crippen LogP contribution in [-0.2, 0) is 15.1 Å². The number of aromatic nitrogens is 4. The third-order valence-electron chi connectivity index (χ3n) is 5.60. The number of imidazole rings is 1. The number of nitrogens with one attached hydrogen (secondary N) is 1. The van der Waals surface area contributed by atoms with Crippen LogP contribution in [0.5, 0.6) is 0 Å². The number of ether oxygens (including phenoxy) is 1. The maximum atomic E-state index is 12.0. The maximum Gasteiger partial charge on any atom is 0.306 e. The molecule has 0 unspecified atom stereocenters. The Morgan fingerprint density at radius 1 is 1.38 bits per heavy atom. The molecule has 0 aromatic carbocycles. The van der Waals surface area contributed by atoms with Gasteiger partial charge in [-0.15, -0.1) is 0 Å². The highest BCUT2D eigenvalue weighted by Crippen LogP contribution is 2.73. The molecule has 6 nitrogen and oxygen atoms in total. The lowest BCUT2D eigenvalue weighted by atomic mass is 9.38. The van der Waals surface area contributed by atoms with Crippen LogP contribution in [0.4, 0.5) is 0 Å². The Morgan fingerprint density at radius 3 is 2.92 bits per heavy atom. The number of pyridine rings is 1. The predicted molar refractivity (Wildman–Crippen MR) is 89.5 cm³/mol. The number of aromatic amines is 1. The Hall–Kier alpha value is -2.37. The number of H-pyrrole nitrogens is 1. The van der Waals surface area contributed by atoms with Crippen LogP contribution in [0.2, 0.25) is 0 Å². The number of esters is 1. The molecule has 3 aliphatic carbocycles. The summed E-state index contributed by atoms with van der Waals surface area (Å²) in [5, 5.41) is 1.11. The van der Waals surface area contributed by atoms with Gasteiger partial charge in [-0.2, -0.15) is 0 Å². The number of carbonyl (C=O) groups excluding carboxylic acids is 1. The van der Waals surface area contributed by atoms with E-state index in [1.54, 1.807) is 0 Å². The first-order valence-electron chi connectivity index (χ1n) is 8.50. The molecule has 6 rings (SSSR count). The van der Waals surface area contributed by atoms with Crippen molar-refractivity contribution < 1.29 is 9.53 Å². The Labute approximate surface area is 139 Å². The first-order valence-corrected chi connectivity index (χ1v) is 8.50. The van der Waals surface area contributed by atoms with Crippen molar-refractivity contribution in [1.29, 1.82) is 0 Å². The summed E-state index contributed by atoms with van der Waals surface area (Å²) >= 11 is 0. The van der Waals surface area contributed by atoms with Crippen molar-refractivity contribution in [2.45, 2.75) is 51.2 Å². The average Bonchev–Trinajstić information content (AvgIpc) is 3.05. The molecule has 0 atom stereocenters. The van der Waals surface area contributed by atoms with E-state index in [9.17, 15) is 4.79 Å². The van der Waals surface area contributed by atoms with Crippen LogP contribution >= 0.6 is 0 Å². The van der Waals surface area contributed by atoms with Crippen molar-refractivity contribution in [3.8, 4) is 0 Å². The quantitative estimate of drug-likeness (QED) is 0.748. The maximum absolute atomic E-state index is 12.0. The predicted octanol–water partition coefficient (Wildman–Crippen LogP) is 3.13. The molecule has 3 aromatic rings. The standard InChI is InChI=1S/C18H20N4O2/c1-11(2)24-14(23)5-17-7-18(8-17,9-17)22-10-21-13-6-20-16-12(15(13)22)3-4-19-16/h3-4,6,10-11H,5,7-9H2,1-2H3,(H,19,20). The third-order valence-corrected chi connectivity index (χ3v) is 5.60. The summed E-state index contributed by atoms with van der Waals surface area (Å²) in [5.74, 6) is -0.0639. The van der Waals surface area contributed by atoms with E-state index < -0.39 is 0 Å². The smallest absolute Gasteiger partial charge is 0.306 e. The monoisotopic (exact) mass is 324 g/mol. The molecule has 3 saturated carbocycles. The van der Waals surface area contributed by atoms with Gasteiger partial charge >= 0.3 is 5.97 Å². The minimum Gasteiger partial charge on any atom is -0.463 e. The zero-order valence-corrected chi connectivity index (χ0v) is 13.9. The van der Waals surface area contributed by atoms with Crippen LogP contribution in [0.3, 0.4) is 0 Å². The molecule has 0 radical (unpaired) electrons. The molecule has 2 bridgehead atoms. The van der Waals surface area contributed by atoms with E-state index in [1.807, 2.05) is 32.6 Å². The number of rotatable bonds is 4. The molecule has 3 aromatic heterocycles. The number of carbonyl (C=O) groups is 1. The van der Waals surface area contributed by atoms with Gasteiger partial charge in [0.05, 0.1) is 30.6 Å². The molecule has 0 aliphatic heterocycles. The minimum absolute atomic E-state index is 0.0363. The van der Waals surface area contributed by atoms with Gasteiger partial charge in [-0.25, -0.2) is 9.97 Å². The summed E-state index contributed by atoms with van der Waals surface area (Å²) < 4.78 is 7.63. The fourth-order valence-corrected chi connectivity index (χ4v) is 4.86. The zero-order chi connectivity index (χ0) is 16.5. The average molecular weight is 324 g/mol. The second kappa shape index (κ2) is 4.37. The van der Waals surface area contributed by atoms with E-state index in [1.165, 1.54) is 0 Å². The summed E-state index contributed by atoms with van der Waals surface area (Å²) in [6.45, 7) is 3.80. The number of hydrogen-bond acceptors (Lipinski definition) is 4. The highest BCUT2D eigenvalue weighted by Gasteiger charge is 2.69. The van der Waals surface area contributed by atoms with Crippen molar-refractivity contribution in [3.05, 3.63) is 24.8 Å². The lowest BCUT2D eigenvalue weighted by Gasteiger charge is -2.71. The fraction of sp³-hybridized carbons (Fsp3) is 0.500. The lowest BCUT2D eigenvalue weighted by molar-refractivity contribution is -0.201. The van der Waals surface area contributed by atoms with E-state index in [0.717, 1.165) is 41.3 Å². The third kappa shape index (κ3) is 1.74. The van der Waals surface area contributed by atoms with Gasteiger partial charge < -0.3 is 14.3 Å². The summed E-state index contributed by atoms with van der Waals surface area (Å²) in [6, 6.07) is 2.06. The Kier molecular flexibility index (Phi) is 2.55. The van der Waals surface area contributed by atoms with Gasteiger partial charge in [0.25, 0.3) is 0 Å². The van der Waals surface area contributed by atoms with Gasteiger partial charge in [0.1, 0.15) is 11.2 Å². The molecular formula is C18H20N4O2. The van der Waals surface area contributed by atoms with Gasteiger partial charge in [-0.05, 0) is 44.6 Å². The SMILES string of the molecule is CC(C)OC(=O)CC12CC(n3cnc4cnc5[nH]ccc5c43)(C1)C2. The molecule has 3 fully saturated rings. The van der Waals surface area contributed by atoms with E-state index in [-0.39, 0.29) is 23.0 Å². The number of hydrogen-bond donors (Lipinski definition) is 1. The van der Waals surface area contributed by atoms with Gasteiger partial charge in [-0.1, -0.05) is 0 Å². The second-order valence-corrected chi connectivity index (χ2v) is 7.82. The van der Waals surface area contributed by atoms with Crippen molar-refractivity contribution >= 4 is 28.0 Å². The highest BCUT2D eigenvalue weighted by atomic mass is 16.5. The van der Waals surface area contributed by atoms with Crippen LogP contribution in [0.15, 0.2) is 24.8 Å². The van der Waals surface area contributed by atoms with E-state index in [2.05, 4.69) is 25.6 Å². The van der Waals surface area contributed by atoms with Crippen molar-refractivity contribution in [3.63, 3.8) is 0 Å². The van der Waals surface area contributed by atoms with Crippen LogP contribution in [-0.4, -0.2) is 31.6 Å². The number of nitrogens with zero attached hydrogens (tertiary/aromatic N) is 3. The summed E-state index contributed by atoms with van der Waals surface area (Å²) in [7, 11) is 0.